The number of rotatable bonds is 8. The molecule has 16 aromatic carbocycles. The molecular formula is C103H70BClN4O3S2. The Balaban J connectivity index is 0.000000114. The predicted molar refractivity (Wildman–Crippen MR) is 483 cm³/mol. The first-order valence-electron chi connectivity index (χ1n) is 38.6. The average Bonchev–Trinajstić information content (AvgIpc) is 1.54. The maximum atomic E-state index is 6.54. The standard InChI is InChI=1S/C48H28N2OS.C31H29BOS.C24H13ClN2O/c1-2-12-29(13-3-1)34-22-10-24-40-41-25-11-23-35(47(41)52-46(34)40)32-16-8-14-30(26-32)31-15-9-17-33(27-31)42-28-49-44-43-38-20-6-4-18-36(38)37-19-5-7-21-39(37)45(43)51-48(44)50-42;1-30(2)20-32(33-31(30,3)4)23-14-8-13-22(19-23)25-16-10-18-27-26-17-9-15-24(28(26)34-29(25)27)21-11-6-5-7-12-21;25-15-7-5-6-14(12-15)20-13-26-22-21-18-10-3-1-8-16(18)17-9-2-4-11-19(17)23(21)28-24(22)27-20/h1-28H;5-19H,20H2,1-4H3;1-13H. The molecule has 0 atom stereocenters. The van der Waals surface area contributed by atoms with Crippen molar-refractivity contribution in [2.24, 2.45) is 5.41 Å². The fraction of sp³-hybridized carbons (Fsp3) is 0.0680. The van der Waals surface area contributed by atoms with Crippen molar-refractivity contribution in [1.29, 1.82) is 0 Å². The number of thiophene rings is 2. The van der Waals surface area contributed by atoms with Gasteiger partial charge >= 0.3 is 6.92 Å². The Morgan fingerprint density at radius 3 is 1.09 bits per heavy atom. The lowest BCUT2D eigenvalue weighted by atomic mass is 9.54. The van der Waals surface area contributed by atoms with Gasteiger partial charge in [-0.1, -0.05) is 329 Å². The number of aromatic nitrogens is 4. The molecule has 0 amide bonds. The third kappa shape index (κ3) is 11.8. The summed E-state index contributed by atoms with van der Waals surface area (Å²) < 4.78 is 24.7. The zero-order valence-electron chi connectivity index (χ0n) is 62.8. The molecule has 0 saturated carbocycles. The van der Waals surface area contributed by atoms with Crippen molar-refractivity contribution in [3.05, 3.63) is 345 Å². The third-order valence-electron chi connectivity index (χ3n) is 23.5. The summed E-state index contributed by atoms with van der Waals surface area (Å²) in [7, 11) is 0. The summed E-state index contributed by atoms with van der Waals surface area (Å²) in [6.45, 7) is 9.22. The summed E-state index contributed by atoms with van der Waals surface area (Å²) in [6, 6.07) is 116. The second-order valence-electron chi connectivity index (χ2n) is 30.8. The van der Waals surface area contributed by atoms with Crippen molar-refractivity contribution in [3.63, 3.8) is 0 Å². The van der Waals surface area contributed by atoms with E-state index in [1.54, 1.807) is 6.20 Å². The Kier molecular flexibility index (Phi) is 16.8. The largest absolute Gasteiger partial charge is 0.436 e. The Morgan fingerprint density at radius 1 is 0.316 bits per heavy atom. The van der Waals surface area contributed by atoms with E-state index in [0.717, 1.165) is 94.5 Å². The lowest BCUT2D eigenvalue weighted by molar-refractivity contribution is 0.0375. The van der Waals surface area contributed by atoms with E-state index in [0.29, 0.717) is 16.4 Å². The maximum Gasteiger partial charge on any atom is 0.327 e. The summed E-state index contributed by atoms with van der Waals surface area (Å²) in [5, 5.41) is 17.1. The molecule has 1 aliphatic rings. The lowest BCUT2D eigenvalue weighted by Crippen LogP contribution is -2.36. The van der Waals surface area contributed by atoms with E-state index in [2.05, 4.69) is 319 Å². The van der Waals surface area contributed by atoms with Crippen molar-refractivity contribution in [2.45, 2.75) is 39.6 Å². The van der Waals surface area contributed by atoms with Crippen molar-refractivity contribution >= 4 is 174 Å². The second-order valence-corrected chi connectivity index (χ2v) is 33.3. The zero-order valence-corrected chi connectivity index (χ0v) is 65.2. The van der Waals surface area contributed by atoms with Crippen LogP contribution in [0, 0.1) is 5.41 Å². The molecular weight excluding hydrogens is 1450 g/mol. The van der Waals surface area contributed by atoms with Gasteiger partial charge in [-0.2, -0.15) is 0 Å². The zero-order chi connectivity index (χ0) is 76.3. The highest BCUT2D eigenvalue weighted by molar-refractivity contribution is 7.27. The van der Waals surface area contributed by atoms with Crippen LogP contribution in [0.1, 0.15) is 27.7 Å². The minimum atomic E-state index is -0.132. The molecule has 0 N–H and O–H groups in total. The maximum absolute atomic E-state index is 6.54. The molecule has 1 aliphatic heterocycles. The van der Waals surface area contributed by atoms with Crippen LogP contribution in [0.2, 0.25) is 11.3 Å². The molecule has 7 nitrogen and oxygen atoms in total. The molecule has 0 unspecified atom stereocenters. The molecule has 23 rings (SSSR count). The number of fused-ring (bicyclic) bond motifs is 22. The molecule has 114 heavy (non-hydrogen) atoms. The van der Waals surface area contributed by atoms with Crippen LogP contribution in [-0.2, 0) is 4.65 Å². The van der Waals surface area contributed by atoms with Gasteiger partial charge in [0.15, 0.2) is 0 Å². The first-order chi connectivity index (χ1) is 55.9. The first-order valence-corrected chi connectivity index (χ1v) is 40.7. The predicted octanol–water partition coefficient (Wildman–Crippen LogP) is 29.1. The van der Waals surface area contributed by atoms with Crippen molar-refractivity contribution in [2.75, 3.05) is 0 Å². The Labute approximate surface area is 671 Å². The minimum Gasteiger partial charge on any atom is -0.436 e. The van der Waals surface area contributed by atoms with Gasteiger partial charge in [-0.15, -0.1) is 22.7 Å². The van der Waals surface area contributed by atoms with Gasteiger partial charge in [0.25, 0.3) is 0 Å². The van der Waals surface area contributed by atoms with Gasteiger partial charge < -0.3 is 13.5 Å². The number of hydrogen-bond acceptors (Lipinski definition) is 9. The molecule has 1 fully saturated rings. The fourth-order valence-corrected chi connectivity index (χ4v) is 20.1. The van der Waals surface area contributed by atoms with Crippen LogP contribution in [0.15, 0.2) is 349 Å². The topological polar surface area (TPSA) is 87.1 Å². The summed E-state index contributed by atoms with van der Waals surface area (Å²) in [4.78, 5) is 19.5. The molecule has 0 aliphatic carbocycles. The number of furan rings is 2. The van der Waals surface area contributed by atoms with Crippen molar-refractivity contribution in [3.8, 4) is 78.1 Å². The highest BCUT2D eigenvalue weighted by Crippen LogP contribution is 2.50. The molecule has 542 valence electrons. The van der Waals surface area contributed by atoms with E-state index in [1.807, 2.05) is 65.3 Å². The molecule has 6 aromatic heterocycles. The molecule has 7 heterocycles. The molecule has 0 radical (unpaired) electrons. The molecule has 0 spiro atoms. The molecule has 1 saturated heterocycles. The van der Waals surface area contributed by atoms with Crippen LogP contribution in [0.3, 0.4) is 0 Å². The van der Waals surface area contributed by atoms with Crippen LogP contribution >= 0.6 is 34.3 Å². The van der Waals surface area contributed by atoms with Gasteiger partial charge in [-0.25, -0.2) is 19.9 Å². The normalized spacial score (nSPS) is 13.4. The number of hydrogen-bond donors (Lipinski definition) is 0. The van der Waals surface area contributed by atoms with Crippen molar-refractivity contribution < 1.29 is 13.5 Å². The van der Waals surface area contributed by atoms with E-state index in [1.165, 1.54) is 112 Å². The van der Waals surface area contributed by atoms with E-state index < -0.39 is 0 Å². The summed E-state index contributed by atoms with van der Waals surface area (Å²) in [5.41, 5.74) is 21.4. The fourth-order valence-electron chi connectivity index (χ4n) is 17.1. The first kappa shape index (κ1) is 69.1. The van der Waals surface area contributed by atoms with E-state index in [4.69, 9.17) is 45.0 Å². The van der Waals surface area contributed by atoms with Gasteiger partial charge in [0.2, 0.25) is 11.4 Å². The number of nitrogens with zero attached hydrogens (tertiary/aromatic N) is 4. The van der Waals surface area contributed by atoms with E-state index in [9.17, 15) is 0 Å². The van der Waals surface area contributed by atoms with Crippen molar-refractivity contribution in [1.82, 2.24) is 19.9 Å². The lowest BCUT2D eigenvalue weighted by Gasteiger charge is -2.34. The summed E-state index contributed by atoms with van der Waals surface area (Å²) in [5.74, 6) is 0. The van der Waals surface area contributed by atoms with Gasteiger partial charge in [0.05, 0.1) is 40.2 Å². The van der Waals surface area contributed by atoms with Crippen LogP contribution < -0.4 is 5.46 Å². The Hall–Kier alpha value is -12.9. The smallest absolute Gasteiger partial charge is 0.327 e. The molecule has 0 bridgehead atoms. The minimum absolute atomic E-state index is 0.132. The molecule has 11 heteroatoms. The van der Waals surface area contributed by atoms with Gasteiger partial charge in [0.1, 0.15) is 22.2 Å². The van der Waals surface area contributed by atoms with Crippen LogP contribution in [0.4, 0.5) is 0 Å². The molecule has 22 aromatic rings. The third-order valence-corrected chi connectivity index (χ3v) is 26.3. The van der Waals surface area contributed by atoms with E-state index in [-0.39, 0.29) is 17.9 Å². The number of benzene rings is 16. The van der Waals surface area contributed by atoms with Gasteiger partial charge in [-0.3, -0.25) is 0 Å². The summed E-state index contributed by atoms with van der Waals surface area (Å²) in [6.07, 6.45) is 4.70. The van der Waals surface area contributed by atoms with E-state index >= 15 is 0 Å². The quantitative estimate of drug-likeness (QED) is 0.111. The van der Waals surface area contributed by atoms with Gasteiger partial charge in [-0.05, 0) is 143 Å². The summed E-state index contributed by atoms with van der Waals surface area (Å²) >= 11 is 9.93. The Bertz CT molecular complexity index is 7600. The Morgan fingerprint density at radius 2 is 0.649 bits per heavy atom. The van der Waals surface area contributed by atoms with Crippen LogP contribution in [0.5, 0.6) is 0 Å². The van der Waals surface area contributed by atoms with Gasteiger partial charge in [0, 0.05) is 67.3 Å². The van der Waals surface area contributed by atoms with Crippen LogP contribution in [-0.4, -0.2) is 32.5 Å². The monoisotopic (exact) mass is 1520 g/mol. The number of halogens is 1. The SMILES string of the molecule is CC1(C)CB(c2cccc(-c3cccc4c3sc3c(-c5ccccc5)cccc34)c2)OC1(C)C.Clc1cccc(-c2cnc3c(n2)oc2c4ccccc4c4ccccc4c32)c1.c1ccc(-c2cccc3c2sc2c(-c4cccc(-c5cccc(-c6cnc7c(n6)oc6c8ccccc8c8ccccc8c76)c5)c4)cccc23)cc1. The highest BCUT2D eigenvalue weighted by atomic mass is 35.5. The van der Waals surface area contributed by atoms with Crippen LogP contribution in [0.25, 0.3) is 206 Å². The highest BCUT2D eigenvalue weighted by Gasteiger charge is 2.50. The average molecular weight is 1520 g/mol. The second kappa shape index (κ2) is 27.8.